The summed E-state index contributed by atoms with van der Waals surface area (Å²) in [4.78, 5) is 0. The summed E-state index contributed by atoms with van der Waals surface area (Å²) in [6, 6.07) is 24.9. The average Bonchev–Trinajstić information content (AvgIpc) is 3.27. The van der Waals surface area contributed by atoms with Crippen molar-refractivity contribution in [3.05, 3.63) is 175 Å². The lowest BCUT2D eigenvalue weighted by Gasteiger charge is -2.26. The Labute approximate surface area is 377 Å². The minimum absolute atomic E-state index is 0.394. The molecule has 0 spiro atoms. The molecule has 1 fully saturated rings. The predicted molar refractivity (Wildman–Crippen MR) is 257 cm³/mol. The Bertz CT molecular complexity index is 2760. The number of hydrogen-bond acceptors (Lipinski definition) is 0. The van der Waals surface area contributed by atoms with E-state index < -0.39 is 34.9 Å². The van der Waals surface area contributed by atoms with Crippen LogP contribution in [0.15, 0.2) is 78.9 Å². The summed E-state index contributed by atoms with van der Waals surface area (Å²) in [7, 11) is 0. The Morgan fingerprint density at radius 1 is 0.453 bits per heavy atom. The van der Waals surface area contributed by atoms with Crippen LogP contribution in [0.3, 0.4) is 0 Å². The molecule has 64 heavy (non-hydrogen) atoms. The third-order valence-electron chi connectivity index (χ3n) is 13.8. The van der Waals surface area contributed by atoms with Gasteiger partial charge in [0, 0.05) is 22.6 Å². The van der Waals surface area contributed by atoms with Gasteiger partial charge in [-0.15, -0.1) is 0 Å². The van der Waals surface area contributed by atoms with Crippen LogP contribution >= 0.6 is 0 Å². The minimum atomic E-state index is -0.735. The molecule has 7 aromatic carbocycles. The number of benzene rings is 7. The average molecular weight is 875 g/mol. The number of halogens is 6. The zero-order chi connectivity index (χ0) is 46.4. The van der Waals surface area contributed by atoms with Gasteiger partial charge < -0.3 is 0 Å². The Hall–Kier alpha value is -5.10. The van der Waals surface area contributed by atoms with Crippen molar-refractivity contribution in [1.29, 1.82) is 0 Å². The van der Waals surface area contributed by atoms with Gasteiger partial charge in [-0.2, -0.15) is 0 Å². The number of unbranched alkanes of at least 4 members (excludes halogenated alkanes) is 3. The van der Waals surface area contributed by atoms with Crippen LogP contribution in [0.2, 0.25) is 0 Å². The van der Waals surface area contributed by atoms with Crippen molar-refractivity contribution >= 4 is 32.3 Å². The molecule has 8 rings (SSSR count). The molecule has 0 heterocycles. The smallest absolute Gasteiger partial charge is 0.167 e. The van der Waals surface area contributed by atoms with Crippen molar-refractivity contribution in [2.45, 2.75) is 133 Å². The molecule has 0 unspecified atom stereocenters. The molecular weight excluding hydrogens is 811 g/mol. The van der Waals surface area contributed by atoms with Crippen LogP contribution in [0.25, 0.3) is 32.3 Å². The van der Waals surface area contributed by atoms with Gasteiger partial charge >= 0.3 is 0 Å². The fourth-order valence-corrected chi connectivity index (χ4v) is 9.22. The molecule has 1 aliphatic carbocycles. The van der Waals surface area contributed by atoms with Crippen LogP contribution in [0.1, 0.15) is 126 Å². The van der Waals surface area contributed by atoms with E-state index >= 15 is 0 Å². The highest BCUT2D eigenvalue weighted by Gasteiger charge is 2.23. The molecule has 0 radical (unpaired) electrons. The van der Waals surface area contributed by atoms with Gasteiger partial charge in [-0.25, -0.2) is 26.3 Å². The van der Waals surface area contributed by atoms with Crippen LogP contribution in [0.4, 0.5) is 26.3 Å². The highest BCUT2D eigenvalue weighted by atomic mass is 19.2. The summed E-state index contributed by atoms with van der Waals surface area (Å²) >= 11 is 0. The lowest BCUT2D eigenvalue weighted by Crippen LogP contribution is -2.15. The Morgan fingerprint density at radius 3 is 1.34 bits per heavy atom. The topological polar surface area (TPSA) is 0 Å². The second kappa shape index (κ2) is 21.3. The molecule has 0 aromatic heterocycles. The first-order valence-electron chi connectivity index (χ1n) is 23.2. The van der Waals surface area contributed by atoms with Crippen LogP contribution < -0.4 is 0 Å². The molecule has 6 heteroatoms. The highest BCUT2D eigenvalue weighted by Crippen LogP contribution is 2.35. The van der Waals surface area contributed by atoms with Gasteiger partial charge in [0.25, 0.3) is 0 Å². The van der Waals surface area contributed by atoms with Gasteiger partial charge in [0.05, 0.1) is 0 Å². The third-order valence-corrected chi connectivity index (χ3v) is 13.8. The molecule has 7 aromatic rings. The number of fused-ring (bicyclic) bond motifs is 3. The fraction of sp³-hybridized carbons (Fsp3) is 0.379. The maximum Gasteiger partial charge on any atom is 0.167 e. The van der Waals surface area contributed by atoms with Crippen molar-refractivity contribution in [3.8, 4) is 0 Å². The quantitative estimate of drug-likeness (QED) is 0.100. The van der Waals surface area contributed by atoms with E-state index in [4.69, 9.17) is 0 Å². The fourth-order valence-electron chi connectivity index (χ4n) is 9.22. The van der Waals surface area contributed by atoms with Crippen LogP contribution in [-0.2, 0) is 19.3 Å². The van der Waals surface area contributed by atoms with Gasteiger partial charge in [-0.3, -0.25) is 0 Å². The van der Waals surface area contributed by atoms with Crippen LogP contribution in [-0.4, -0.2) is 0 Å². The molecule has 0 nitrogen and oxygen atoms in total. The van der Waals surface area contributed by atoms with Gasteiger partial charge in [0.1, 0.15) is 0 Å². The summed E-state index contributed by atoms with van der Waals surface area (Å²) in [5, 5.41) is 3.64. The van der Waals surface area contributed by atoms with Crippen molar-refractivity contribution < 1.29 is 26.3 Å². The molecule has 0 bridgehead atoms. The Morgan fingerprint density at radius 2 is 0.875 bits per heavy atom. The zero-order valence-corrected chi connectivity index (χ0v) is 39.2. The van der Waals surface area contributed by atoms with Gasteiger partial charge in [0.2, 0.25) is 0 Å². The van der Waals surface area contributed by atoms with E-state index in [-0.39, 0.29) is 0 Å². The number of rotatable bonds is 9. The minimum Gasteiger partial charge on any atom is -0.203 e. The molecule has 0 aliphatic heterocycles. The molecular formula is C58H64F6. The lowest BCUT2D eigenvalue weighted by molar-refractivity contribution is 0.286. The summed E-state index contributed by atoms with van der Waals surface area (Å²) < 4.78 is 86.4. The molecule has 338 valence electrons. The van der Waals surface area contributed by atoms with Gasteiger partial charge in [-0.05, 0) is 182 Å². The highest BCUT2D eigenvalue weighted by molar-refractivity contribution is 5.89. The first kappa shape index (κ1) is 48.4. The van der Waals surface area contributed by atoms with Crippen LogP contribution in [0, 0.1) is 95.2 Å². The Kier molecular flexibility index (Phi) is 16.1. The maximum absolute atomic E-state index is 14.5. The van der Waals surface area contributed by atoms with Crippen LogP contribution in [0.5, 0.6) is 0 Å². The first-order valence-corrected chi connectivity index (χ1v) is 23.2. The van der Waals surface area contributed by atoms with Crippen molar-refractivity contribution in [2.24, 2.45) is 11.8 Å². The predicted octanol–water partition coefficient (Wildman–Crippen LogP) is 17.6. The second-order valence-corrected chi connectivity index (χ2v) is 18.6. The van der Waals surface area contributed by atoms with E-state index in [1.165, 1.54) is 12.8 Å². The van der Waals surface area contributed by atoms with Gasteiger partial charge in [-0.1, -0.05) is 112 Å². The van der Waals surface area contributed by atoms with E-state index in [9.17, 15) is 26.3 Å². The van der Waals surface area contributed by atoms with Gasteiger partial charge in [0.15, 0.2) is 34.9 Å². The number of aryl methyl sites for hydroxylation is 8. The molecule has 1 saturated carbocycles. The maximum atomic E-state index is 14.5. The molecule has 0 atom stereocenters. The summed E-state index contributed by atoms with van der Waals surface area (Å²) in [5.41, 5.74) is 9.02. The zero-order valence-electron chi connectivity index (χ0n) is 39.2. The monoisotopic (exact) mass is 874 g/mol. The van der Waals surface area contributed by atoms with Crippen molar-refractivity contribution in [2.75, 3.05) is 0 Å². The Balaban J connectivity index is 0.000000160. The van der Waals surface area contributed by atoms with E-state index in [0.717, 1.165) is 105 Å². The van der Waals surface area contributed by atoms with E-state index in [0.29, 0.717) is 58.0 Å². The van der Waals surface area contributed by atoms with E-state index in [1.807, 2.05) is 121 Å². The molecule has 0 saturated heterocycles. The molecule has 1 aliphatic rings. The lowest BCUT2D eigenvalue weighted by atomic mass is 9.80. The normalized spacial score (nSPS) is 15.0. The standard InChI is InChI=1S/C20H24F2.C20H18F2.C18H22F2/c2*1-12-4-7-15(8-5-12)10-17-11-16-9-6-13(2)14(3)18(16)20(22)19(17)21;1-4-5-6-7-8-15-11-14-10-9-12(2)13(3)16(14)18(20)17(15)19/h6,9,11-12,15H,4-5,7-8,10H2,1-3H3;4-9,11H,10H2,1-3H3;9-11H,4-8H2,1-3H3. The molecule has 0 N–H and O–H groups in total. The third kappa shape index (κ3) is 10.9. The SMILES string of the molecule is CCCCCCc1cc2ccc(C)c(C)c2c(F)c1F.Cc1ccc(Cc2cc3ccc(C)c(C)c3c(F)c2F)cc1.Cc1ccc2cc(CC3CCC(C)CC3)c(F)c(F)c2c1C. The summed E-state index contributed by atoms with van der Waals surface area (Å²) in [6.07, 6.45) is 10.6. The van der Waals surface area contributed by atoms with Crippen molar-refractivity contribution in [1.82, 2.24) is 0 Å². The van der Waals surface area contributed by atoms with Crippen molar-refractivity contribution in [3.63, 3.8) is 0 Å². The summed E-state index contributed by atoms with van der Waals surface area (Å²) in [5.74, 6) is -2.86. The summed E-state index contributed by atoms with van der Waals surface area (Å²) in [6.45, 7) is 17.7. The molecule has 0 amide bonds. The number of hydrogen-bond donors (Lipinski definition) is 0. The largest absolute Gasteiger partial charge is 0.203 e. The van der Waals surface area contributed by atoms with E-state index in [1.54, 1.807) is 6.07 Å². The first-order chi connectivity index (χ1) is 30.5. The van der Waals surface area contributed by atoms with E-state index in [2.05, 4.69) is 13.8 Å². The second-order valence-electron chi connectivity index (χ2n) is 18.6.